The Labute approximate surface area is 228 Å². The molecular weight excluding hydrogens is 526 g/mol. The summed E-state index contributed by atoms with van der Waals surface area (Å²) < 4.78 is 39.6. The lowest BCUT2D eigenvalue weighted by Crippen LogP contribution is -2.39. The van der Waals surface area contributed by atoms with Gasteiger partial charge in [0.25, 0.3) is 0 Å². The van der Waals surface area contributed by atoms with Gasteiger partial charge in [-0.25, -0.2) is 13.1 Å². The standard InChI is InChI=1S/C29H32ClNO6S/c1-36-29(33)13-4-22-16-21(19-37-26-8-2-20(3-9-26)14-15-32)17-23-18-25(7-12-28(22)23)31-38(34,35)27-10-5-24(30)6-11-27/h2-3,5-6,8-11,16-17,25,31-32H,4,7,12-15,18-19H2,1H3. The average Bonchev–Trinajstić information content (AvgIpc) is 2.91. The molecule has 0 saturated heterocycles. The second kappa shape index (κ2) is 12.8. The molecule has 0 spiro atoms. The Morgan fingerprint density at radius 3 is 2.47 bits per heavy atom. The zero-order chi connectivity index (χ0) is 27.1. The number of aliphatic hydroxyl groups is 1. The number of methoxy groups -OCH3 is 1. The first-order chi connectivity index (χ1) is 18.3. The normalized spacial score (nSPS) is 15.1. The third-order valence-corrected chi connectivity index (χ3v) is 8.49. The van der Waals surface area contributed by atoms with E-state index in [0.29, 0.717) is 49.5 Å². The van der Waals surface area contributed by atoms with E-state index in [2.05, 4.69) is 16.9 Å². The zero-order valence-electron chi connectivity index (χ0n) is 21.3. The van der Waals surface area contributed by atoms with E-state index in [1.807, 2.05) is 24.3 Å². The number of aliphatic hydroxyl groups excluding tert-OH is 1. The number of esters is 1. The summed E-state index contributed by atoms with van der Waals surface area (Å²) in [6, 6.07) is 17.6. The van der Waals surface area contributed by atoms with Crippen molar-refractivity contribution in [3.05, 3.63) is 93.5 Å². The van der Waals surface area contributed by atoms with Crippen LogP contribution in [0.5, 0.6) is 5.75 Å². The average molecular weight is 558 g/mol. The fourth-order valence-electron chi connectivity index (χ4n) is 4.75. The van der Waals surface area contributed by atoms with E-state index in [9.17, 15) is 13.2 Å². The highest BCUT2D eigenvalue weighted by Gasteiger charge is 2.26. The summed E-state index contributed by atoms with van der Waals surface area (Å²) in [4.78, 5) is 12.0. The number of fused-ring (bicyclic) bond motifs is 1. The fourth-order valence-corrected chi connectivity index (χ4v) is 6.15. The highest BCUT2D eigenvalue weighted by molar-refractivity contribution is 7.89. The largest absolute Gasteiger partial charge is 0.489 e. The molecule has 1 unspecified atom stereocenters. The van der Waals surface area contributed by atoms with Crippen molar-refractivity contribution in [1.82, 2.24) is 4.72 Å². The van der Waals surface area contributed by atoms with Crippen LogP contribution in [-0.4, -0.2) is 39.3 Å². The molecule has 0 amide bonds. The van der Waals surface area contributed by atoms with Crippen LogP contribution < -0.4 is 9.46 Å². The van der Waals surface area contributed by atoms with Gasteiger partial charge < -0.3 is 14.6 Å². The smallest absolute Gasteiger partial charge is 0.305 e. The van der Waals surface area contributed by atoms with Gasteiger partial charge in [-0.1, -0.05) is 35.9 Å². The molecule has 0 aliphatic heterocycles. The Bertz CT molecular complexity index is 1360. The molecule has 0 bridgehead atoms. The molecule has 1 aliphatic carbocycles. The van der Waals surface area contributed by atoms with Gasteiger partial charge in [-0.3, -0.25) is 4.79 Å². The van der Waals surface area contributed by atoms with E-state index >= 15 is 0 Å². The lowest BCUT2D eigenvalue weighted by Gasteiger charge is -2.28. The number of hydrogen-bond acceptors (Lipinski definition) is 6. The molecule has 38 heavy (non-hydrogen) atoms. The minimum absolute atomic E-state index is 0.0977. The first-order valence-corrected chi connectivity index (χ1v) is 14.4. The Hall–Kier alpha value is -2.91. The summed E-state index contributed by atoms with van der Waals surface area (Å²) in [6.07, 6.45) is 3.30. The van der Waals surface area contributed by atoms with Crippen LogP contribution in [0.4, 0.5) is 0 Å². The molecule has 2 N–H and O–H groups in total. The van der Waals surface area contributed by atoms with E-state index in [1.165, 1.54) is 19.2 Å². The Morgan fingerprint density at radius 2 is 1.79 bits per heavy atom. The molecule has 0 fully saturated rings. The quantitative estimate of drug-likeness (QED) is 0.339. The molecule has 1 atom stereocenters. The minimum atomic E-state index is -3.69. The Kier molecular flexibility index (Phi) is 9.44. The molecule has 9 heteroatoms. The van der Waals surface area contributed by atoms with Gasteiger partial charge in [0.1, 0.15) is 12.4 Å². The van der Waals surface area contributed by atoms with Crippen LogP contribution in [0.3, 0.4) is 0 Å². The predicted octanol–water partition coefficient (Wildman–Crippen LogP) is 4.40. The van der Waals surface area contributed by atoms with E-state index in [-0.39, 0.29) is 29.9 Å². The van der Waals surface area contributed by atoms with Crippen molar-refractivity contribution in [2.24, 2.45) is 0 Å². The highest BCUT2D eigenvalue weighted by atomic mass is 35.5. The maximum Gasteiger partial charge on any atom is 0.305 e. The van der Waals surface area contributed by atoms with Crippen LogP contribution in [-0.2, 0) is 51.8 Å². The first kappa shape index (κ1) is 28.1. The van der Waals surface area contributed by atoms with Crippen LogP contribution in [0, 0.1) is 0 Å². The molecule has 0 heterocycles. The number of halogens is 1. The monoisotopic (exact) mass is 557 g/mol. The third kappa shape index (κ3) is 7.35. The molecule has 3 aromatic rings. The lowest BCUT2D eigenvalue weighted by atomic mass is 9.83. The molecule has 1 aliphatic rings. The molecule has 0 aromatic heterocycles. The van der Waals surface area contributed by atoms with E-state index < -0.39 is 10.0 Å². The minimum Gasteiger partial charge on any atom is -0.489 e. The van der Waals surface area contributed by atoms with E-state index in [1.54, 1.807) is 12.1 Å². The van der Waals surface area contributed by atoms with Crippen LogP contribution >= 0.6 is 11.6 Å². The summed E-state index contributed by atoms with van der Waals surface area (Å²) in [5.41, 5.74) is 5.26. The first-order valence-electron chi connectivity index (χ1n) is 12.6. The number of nitrogens with one attached hydrogen (secondary N) is 1. The maximum absolute atomic E-state index is 13.0. The number of sulfonamides is 1. The molecule has 0 saturated carbocycles. The number of carbonyl (C=O) groups is 1. The predicted molar refractivity (Wildman–Crippen MR) is 146 cm³/mol. The van der Waals surface area contributed by atoms with Gasteiger partial charge in [0.2, 0.25) is 10.0 Å². The SMILES string of the molecule is COC(=O)CCc1cc(COc2ccc(CCO)cc2)cc2c1CCC(NS(=O)(=O)c1ccc(Cl)cc1)C2. The van der Waals surface area contributed by atoms with Crippen molar-refractivity contribution >= 4 is 27.6 Å². The Morgan fingerprint density at radius 1 is 1.05 bits per heavy atom. The van der Waals surface area contributed by atoms with Gasteiger partial charge in [-0.15, -0.1) is 0 Å². The van der Waals surface area contributed by atoms with Crippen molar-refractivity contribution in [3.8, 4) is 5.75 Å². The lowest BCUT2D eigenvalue weighted by molar-refractivity contribution is -0.140. The molecule has 0 radical (unpaired) electrons. The van der Waals surface area contributed by atoms with Gasteiger partial charge >= 0.3 is 5.97 Å². The summed E-state index contributed by atoms with van der Waals surface area (Å²) in [6.45, 7) is 0.430. The summed E-state index contributed by atoms with van der Waals surface area (Å²) in [7, 11) is -2.31. The van der Waals surface area contributed by atoms with Gasteiger partial charge in [0, 0.05) is 24.1 Å². The molecule has 202 valence electrons. The van der Waals surface area contributed by atoms with Crippen LogP contribution in [0.2, 0.25) is 5.02 Å². The van der Waals surface area contributed by atoms with Gasteiger partial charge in [-0.2, -0.15) is 0 Å². The fraction of sp³-hybridized carbons (Fsp3) is 0.345. The molecule has 7 nitrogen and oxygen atoms in total. The molecule has 3 aromatic carbocycles. The van der Waals surface area contributed by atoms with Crippen LogP contribution in [0.25, 0.3) is 0 Å². The highest BCUT2D eigenvalue weighted by Crippen LogP contribution is 2.29. The van der Waals surface area contributed by atoms with Gasteiger partial charge in [0.05, 0.1) is 12.0 Å². The van der Waals surface area contributed by atoms with Crippen LogP contribution in [0.15, 0.2) is 65.6 Å². The van der Waals surface area contributed by atoms with E-state index in [0.717, 1.165) is 27.8 Å². The van der Waals surface area contributed by atoms with Crippen molar-refractivity contribution in [3.63, 3.8) is 0 Å². The Balaban J connectivity index is 1.52. The second-order valence-electron chi connectivity index (χ2n) is 9.39. The van der Waals surface area contributed by atoms with Gasteiger partial charge in [0.15, 0.2) is 0 Å². The maximum atomic E-state index is 13.0. The van der Waals surface area contributed by atoms with Crippen molar-refractivity contribution in [2.75, 3.05) is 13.7 Å². The topological polar surface area (TPSA) is 102 Å². The van der Waals surface area contributed by atoms with Gasteiger partial charge in [-0.05, 0) is 96.3 Å². The summed E-state index contributed by atoms with van der Waals surface area (Å²) in [5.74, 6) is 0.446. The van der Waals surface area contributed by atoms with Crippen molar-refractivity contribution in [2.45, 2.75) is 56.1 Å². The second-order valence-corrected chi connectivity index (χ2v) is 11.5. The number of benzene rings is 3. The number of hydrogen-bond donors (Lipinski definition) is 2. The number of carbonyl (C=O) groups excluding carboxylic acids is 1. The third-order valence-electron chi connectivity index (χ3n) is 6.70. The number of aryl methyl sites for hydroxylation is 1. The molecular formula is C29H32ClNO6S. The summed E-state index contributed by atoms with van der Waals surface area (Å²) >= 11 is 5.91. The van der Waals surface area contributed by atoms with Crippen LogP contribution in [0.1, 0.15) is 40.7 Å². The van der Waals surface area contributed by atoms with E-state index in [4.69, 9.17) is 26.2 Å². The number of ether oxygens (including phenoxy) is 2. The van der Waals surface area contributed by atoms with Crippen molar-refractivity contribution < 1.29 is 27.8 Å². The summed E-state index contributed by atoms with van der Waals surface area (Å²) in [5, 5.41) is 9.58. The molecule has 4 rings (SSSR count). The number of rotatable bonds is 11. The zero-order valence-corrected chi connectivity index (χ0v) is 22.9. The van der Waals surface area contributed by atoms with Crippen molar-refractivity contribution in [1.29, 1.82) is 0 Å².